The third kappa shape index (κ3) is 8.33. The first-order valence-electron chi connectivity index (χ1n) is 9.42. The van der Waals surface area contributed by atoms with Crippen molar-refractivity contribution in [3.8, 4) is 0 Å². The van der Waals surface area contributed by atoms with Crippen molar-refractivity contribution in [2.24, 2.45) is 0 Å². The van der Waals surface area contributed by atoms with Gasteiger partial charge in [0.25, 0.3) is 0 Å². The van der Waals surface area contributed by atoms with Crippen molar-refractivity contribution in [2.45, 2.75) is 92.1 Å². The number of ketones is 1. The summed E-state index contributed by atoms with van der Waals surface area (Å²) in [6, 6.07) is -0.340. The number of hydrogen-bond donors (Lipinski definition) is 0. The molecule has 0 aromatic carbocycles. The molecule has 156 valence electrons. The van der Waals surface area contributed by atoms with Crippen LogP contribution in [-0.2, 0) is 14.0 Å². The van der Waals surface area contributed by atoms with Gasteiger partial charge in [0, 0.05) is 0 Å². The molecular formula is C21H39NO4Si. The molecule has 0 aliphatic carbocycles. The van der Waals surface area contributed by atoms with E-state index in [9.17, 15) is 9.59 Å². The summed E-state index contributed by atoms with van der Waals surface area (Å²) in [5.74, 6) is -0.189. The Labute approximate surface area is 166 Å². The van der Waals surface area contributed by atoms with E-state index in [1.54, 1.807) is 34.0 Å². The van der Waals surface area contributed by atoms with Gasteiger partial charge >= 0.3 is 6.09 Å². The lowest BCUT2D eigenvalue weighted by Crippen LogP contribution is -2.45. The van der Waals surface area contributed by atoms with Crippen LogP contribution in [-0.4, -0.2) is 43.3 Å². The third-order valence-electron chi connectivity index (χ3n) is 4.89. The highest BCUT2D eigenvalue weighted by Gasteiger charge is 2.38. The zero-order valence-corrected chi connectivity index (χ0v) is 20.1. The summed E-state index contributed by atoms with van der Waals surface area (Å²) in [6.07, 6.45) is 1.22. The molecule has 0 radical (unpaired) electrons. The molecule has 0 spiro atoms. The molecule has 0 aliphatic rings. The van der Waals surface area contributed by atoms with Gasteiger partial charge in [0.15, 0.2) is 5.78 Å². The van der Waals surface area contributed by atoms with Crippen LogP contribution in [0.3, 0.4) is 0 Å². The average Bonchev–Trinajstić information content (AvgIpc) is 2.46. The first kappa shape index (κ1) is 25.4. The highest BCUT2D eigenvalue weighted by Crippen LogP contribution is 2.37. The van der Waals surface area contributed by atoms with Gasteiger partial charge in [-0.05, 0) is 70.8 Å². The fourth-order valence-corrected chi connectivity index (χ4v) is 2.57. The third-order valence-corrected chi connectivity index (χ3v) is 9.21. The number of nitrogens with zero attached hydrogens (tertiary/aromatic N) is 1. The van der Waals surface area contributed by atoms with Crippen LogP contribution in [0.15, 0.2) is 24.0 Å². The summed E-state index contributed by atoms with van der Waals surface area (Å²) in [6.45, 7) is 25.3. The van der Waals surface area contributed by atoms with Crippen LogP contribution in [0.2, 0.25) is 18.1 Å². The van der Waals surface area contributed by atoms with E-state index in [2.05, 4.69) is 40.4 Å². The molecule has 6 heteroatoms. The minimum Gasteiger partial charge on any atom is -0.549 e. The summed E-state index contributed by atoms with van der Waals surface area (Å²) < 4.78 is 11.7. The van der Waals surface area contributed by atoms with E-state index in [4.69, 9.17) is 9.16 Å². The predicted octanol–water partition coefficient (Wildman–Crippen LogP) is 5.68. The predicted molar refractivity (Wildman–Crippen MR) is 114 cm³/mol. The van der Waals surface area contributed by atoms with Crippen LogP contribution in [0.5, 0.6) is 0 Å². The van der Waals surface area contributed by atoms with Crippen LogP contribution in [0.4, 0.5) is 4.79 Å². The molecule has 0 saturated heterocycles. The molecule has 0 aromatic rings. The minimum absolute atomic E-state index is 0.0727. The van der Waals surface area contributed by atoms with Gasteiger partial charge in [-0.15, -0.1) is 0 Å². The molecule has 0 N–H and O–H groups in total. The van der Waals surface area contributed by atoms with E-state index in [1.807, 2.05) is 13.8 Å². The molecule has 1 amide bonds. The van der Waals surface area contributed by atoms with E-state index in [0.717, 1.165) is 5.57 Å². The standard InChI is InChI=1S/C21H39NO4Si/c1-15(2)18(23)13-22(19(24)26-20(5,6)7)17(4)16(3)14-25-27(11,12)21(8,9)10/h14,17H,1,13H2,2-12H3. The Bertz CT molecular complexity index is 594. The molecule has 0 fully saturated rings. The molecule has 0 aliphatic heterocycles. The zero-order chi connectivity index (χ0) is 21.8. The van der Waals surface area contributed by atoms with Crippen LogP contribution < -0.4 is 0 Å². The molecule has 0 saturated carbocycles. The quantitative estimate of drug-likeness (QED) is 0.315. The Balaban J connectivity index is 5.57. The Morgan fingerprint density at radius 2 is 1.59 bits per heavy atom. The van der Waals surface area contributed by atoms with Gasteiger partial charge in [-0.3, -0.25) is 9.69 Å². The van der Waals surface area contributed by atoms with Gasteiger partial charge in [0.2, 0.25) is 8.32 Å². The molecule has 0 aromatic heterocycles. The topological polar surface area (TPSA) is 55.8 Å². The molecule has 27 heavy (non-hydrogen) atoms. The Morgan fingerprint density at radius 3 is 1.96 bits per heavy atom. The van der Waals surface area contributed by atoms with E-state index in [1.165, 1.54) is 4.90 Å². The number of hydrogen-bond acceptors (Lipinski definition) is 4. The largest absolute Gasteiger partial charge is 0.549 e. The maximum absolute atomic E-state index is 12.7. The minimum atomic E-state index is -1.96. The first-order chi connectivity index (χ1) is 11.9. The van der Waals surface area contributed by atoms with Crippen molar-refractivity contribution in [1.29, 1.82) is 0 Å². The van der Waals surface area contributed by atoms with Crippen molar-refractivity contribution in [3.05, 3.63) is 24.0 Å². The lowest BCUT2D eigenvalue weighted by Gasteiger charge is -2.36. The van der Waals surface area contributed by atoms with Crippen molar-refractivity contribution in [3.63, 3.8) is 0 Å². The average molecular weight is 398 g/mol. The summed E-state index contributed by atoms with van der Waals surface area (Å²) in [4.78, 5) is 26.3. The molecule has 0 bridgehead atoms. The molecule has 1 unspecified atom stereocenters. The Morgan fingerprint density at radius 1 is 1.11 bits per heavy atom. The number of rotatable bonds is 7. The summed E-state index contributed by atoms with van der Waals surface area (Å²) in [5.41, 5.74) is 0.631. The fourth-order valence-electron chi connectivity index (χ4n) is 1.73. The monoisotopic (exact) mass is 397 g/mol. The van der Waals surface area contributed by atoms with Gasteiger partial charge in [0.1, 0.15) is 5.60 Å². The highest BCUT2D eigenvalue weighted by atomic mass is 28.4. The summed E-state index contributed by atoms with van der Waals surface area (Å²) >= 11 is 0. The van der Waals surface area contributed by atoms with Crippen molar-refractivity contribution >= 4 is 20.2 Å². The normalized spacial score (nSPS) is 14.4. The van der Waals surface area contributed by atoms with Crippen LogP contribution in [0, 0.1) is 0 Å². The lowest BCUT2D eigenvalue weighted by molar-refractivity contribution is -0.117. The van der Waals surface area contributed by atoms with E-state index < -0.39 is 20.0 Å². The second-order valence-corrected chi connectivity index (χ2v) is 14.5. The van der Waals surface area contributed by atoms with Crippen molar-refractivity contribution in [1.82, 2.24) is 4.90 Å². The zero-order valence-electron chi connectivity index (χ0n) is 19.1. The number of ether oxygens (including phenoxy) is 1. The summed E-state index contributed by atoms with van der Waals surface area (Å²) in [5, 5.41) is 0.0772. The molecular weight excluding hydrogens is 358 g/mol. The SMILES string of the molecule is C=C(C)C(=O)CN(C(=O)OC(C)(C)C)C(C)C(C)=CO[Si](C)(C)C(C)(C)C. The number of carbonyl (C=O) groups is 2. The second-order valence-electron chi connectivity index (χ2n) is 9.73. The number of carbonyl (C=O) groups excluding carboxylic acids is 2. The van der Waals surface area contributed by atoms with E-state index >= 15 is 0 Å². The van der Waals surface area contributed by atoms with Gasteiger partial charge in [-0.25, -0.2) is 4.79 Å². The molecule has 0 heterocycles. The second kappa shape index (κ2) is 9.09. The number of Topliss-reactive ketones (excluding diaryl/α,β-unsaturated/α-hetero) is 1. The maximum Gasteiger partial charge on any atom is 0.411 e. The van der Waals surface area contributed by atoms with E-state index in [0.29, 0.717) is 5.57 Å². The maximum atomic E-state index is 12.7. The fraction of sp³-hybridized carbons (Fsp3) is 0.714. The van der Waals surface area contributed by atoms with Gasteiger partial charge < -0.3 is 9.16 Å². The van der Waals surface area contributed by atoms with Crippen LogP contribution in [0.1, 0.15) is 62.3 Å². The Kier molecular flexibility index (Phi) is 8.56. The molecule has 5 nitrogen and oxygen atoms in total. The van der Waals surface area contributed by atoms with Crippen LogP contribution in [0.25, 0.3) is 0 Å². The van der Waals surface area contributed by atoms with Gasteiger partial charge in [0.05, 0.1) is 18.8 Å². The van der Waals surface area contributed by atoms with Crippen molar-refractivity contribution in [2.75, 3.05) is 6.54 Å². The smallest absolute Gasteiger partial charge is 0.411 e. The summed E-state index contributed by atoms with van der Waals surface area (Å²) in [7, 11) is -1.96. The molecule has 1 atom stereocenters. The van der Waals surface area contributed by atoms with Crippen molar-refractivity contribution < 1.29 is 18.8 Å². The first-order valence-corrected chi connectivity index (χ1v) is 12.3. The van der Waals surface area contributed by atoms with Crippen LogP contribution >= 0.6 is 0 Å². The Hall–Kier alpha value is -1.56. The highest BCUT2D eigenvalue weighted by molar-refractivity contribution is 6.74. The van der Waals surface area contributed by atoms with Gasteiger partial charge in [-0.1, -0.05) is 27.4 Å². The van der Waals surface area contributed by atoms with Gasteiger partial charge in [-0.2, -0.15) is 0 Å². The lowest BCUT2D eigenvalue weighted by atomic mass is 10.1. The van der Waals surface area contributed by atoms with E-state index in [-0.39, 0.29) is 23.4 Å². The molecule has 0 rings (SSSR count). The number of amides is 1.